The van der Waals surface area contributed by atoms with E-state index in [1.165, 1.54) is 42.5 Å². The minimum Gasteiger partial charge on any atom is -0.480 e. The van der Waals surface area contributed by atoms with E-state index < -0.39 is 50.8 Å². The molecule has 0 fully saturated rings. The van der Waals surface area contributed by atoms with Crippen LogP contribution in [-0.2, 0) is 21.2 Å². The summed E-state index contributed by atoms with van der Waals surface area (Å²) in [6.07, 6.45) is -0.434. The number of nitrogens with one attached hydrogen (secondary N) is 1. The van der Waals surface area contributed by atoms with Crippen molar-refractivity contribution >= 4 is 31.9 Å². The molecule has 1 atom stereocenters. The number of aliphatic carboxylic acids is 1. The first-order valence-electron chi connectivity index (χ1n) is 10.1. The summed E-state index contributed by atoms with van der Waals surface area (Å²) >= 11 is 3.01. The van der Waals surface area contributed by atoms with E-state index in [0.29, 0.717) is 10.0 Å². The number of carboxylic acids is 1. The molecule has 36 heavy (non-hydrogen) atoms. The Morgan fingerprint density at radius 1 is 1.03 bits per heavy atom. The second-order valence-electron chi connectivity index (χ2n) is 7.54. The molecule has 0 aliphatic rings. The number of carbonyl (C=O) groups is 1. The smallest absolute Gasteiger partial charge is 0.322 e. The third-order valence-electron chi connectivity index (χ3n) is 5.01. The maximum Gasteiger partial charge on any atom is 0.322 e. The summed E-state index contributed by atoms with van der Waals surface area (Å²) in [4.78, 5) is 15.1. The molecule has 0 spiro atoms. The molecule has 4 rings (SSSR count). The van der Waals surface area contributed by atoms with Gasteiger partial charge in [0.05, 0.1) is 5.56 Å². The van der Waals surface area contributed by atoms with Crippen LogP contribution in [0.2, 0.25) is 0 Å². The van der Waals surface area contributed by atoms with Crippen LogP contribution >= 0.6 is 15.9 Å². The molecule has 0 bridgehead atoms. The molecule has 0 radical (unpaired) electrons. The summed E-state index contributed by atoms with van der Waals surface area (Å²) in [7, 11) is -4.54. The molecule has 1 heterocycles. The SMILES string of the molecule is O=C(O)C(Cc1ccc(-c2noc(-c3ccc(F)cc3)n2)c(F)c1)NS(=O)(=O)c1ccc(Br)cc1F. The maximum absolute atomic E-state index is 14.8. The number of aromatic nitrogens is 2. The van der Waals surface area contributed by atoms with Crippen LogP contribution in [0.1, 0.15) is 5.56 Å². The highest BCUT2D eigenvalue weighted by Gasteiger charge is 2.28. The molecule has 0 saturated heterocycles. The summed E-state index contributed by atoms with van der Waals surface area (Å²) in [6, 6.07) is 10.4. The van der Waals surface area contributed by atoms with E-state index in [1.807, 2.05) is 4.72 Å². The van der Waals surface area contributed by atoms with Gasteiger partial charge in [-0.15, -0.1) is 0 Å². The van der Waals surface area contributed by atoms with E-state index >= 15 is 0 Å². The molecule has 186 valence electrons. The van der Waals surface area contributed by atoms with E-state index in [9.17, 15) is 31.5 Å². The van der Waals surface area contributed by atoms with E-state index in [-0.39, 0.29) is 22.8 Å². The highest BCUT2D eigenvalue weighted by atomic mass is 79.9. The molecule has 0 saturated carbocycles. The largest absolute Gasteiger partial charge is 0.480 e. The minimum absolute atomic E-state index is 0.0361. The number of benzene rings is 3. The first-order valence-corrected chi connectivity index (χ1v) is 12.4. The molecule has 13 heteroatoms. The van der Waals surface area contributed by atoms with Gasteiger partial charge in [0.1, 0.15) is 28.4 Å². The van der Waals surface area contributed by atoms with Crippen LogP contribution in [0.5, 0.6) is 0 Å². The van der Waals surface area contributed by atoms with Crippen molar-refractivity contribution in [1.82, 2.24) is 14.9 Å². The lowest BCUT2D eigenvalue weighted by Gasteiger charge is -2.16. The first kappa shape index (κ1) is 25.5. The molecule has 2 N–H and O–H groups in total. The summed E-state index contributed by atoms with van der Waals surface area (Å²) in [5, 5.41) is 13.2. The Bertz CT molecular complexity index is 1550. The number of rotatable bonds is 8. The van der Waals surface area contributed by atoms with Crippen molar-refractivity contribution in [3.05, 3.63) is 88.2 Å². The quantitative estimate of drug-likeness (QED) is 0.313. The van der Waals surface area contributed by atoms with Crippen molar-refractivity contribution in [2.75, 3.05) is 0 Å². The third kappa shape index (κ3) is 5.64. The van der Waals surface area contributed by atoms with Crippen molar-refractivity contribution in [1.29, 1.82) is 0 Å². The number of nitrogens with zero attached hydrogens (tertiary/aromatic N) is 2. The van der Waals surface area contributed by atoms with Crippen LogP contribution in [0.15, 0.2) is 74.6 Å². The topological polar surface area (TPSA) is 122 Å². The zero-order chi connectivity index (χ0) is 26.0. The van der Waals surface area contributed by atoms with E-state index in [1.54, 1.807) is 0 Å². The van der Waals surface area contributed by atoms with Crippen molar-refractivity contribution in [3.8, 4) is 22.8 Å². The van der Waals surface area contributed by atoms with Gasteiger partial charge in [0.25, 0.3) is 5.89 Å². The second kappa shape index (κ2) is 10.2. The lowest BCUT2D eigenvalue weighted by atomic mass is 10.0. The van der Waals surface area contributed by atoms with Gasteiger partial charge in [-0.2, -0.15) is 9.71 Å². The van der Waals surface area contributed by atoms with Crippen LogP contribution in [0.4, 0.5) is 13.2 Å². The Kier molecular flexibility index (Phi) is 7.24. The van der Waals surface area contributed by atoms with Crippen LogP contribution < -0.4 is 4.72 Å². The number of hydrogen-bond donors (Lipinski definition) is 2. The van der Waals surface area contributed by atoms with Crippen molar-refractivity contribution in [2.45, 2.75) is 17.4 Å². The predicted molar refractivity (Wildman–Crippen MR) is 125 cm³/mol. The summed E-state index contributed by atoms with van der Waals surface area (Å²) in [5.74, 6) is -3.94. The lowest BCUT2D eigenvalue weighted by Crippen LogP contribution is -2.42. The Balaban J connectivity index is 1.54. The highest BCUT2D eigenvalue weighted by Crippen LogP contribution is 2.26. The van der Waals surface area contributed by atoms with Crippen molar-refractivity contribution < 1.29 is 36.0 Å². The molecule has 4 aromatic rings. The molecular weight excluding hydrogens is 567 g/mol. The Morgan fingerprint density at radius 3 is 2.39 bits per heavy atom. The standard InChI is InChI=1S/C23H15BrF3N3O5S/c24-14-4-8-20(18(27)11-14)36(33,34)30-19(23(31)32)10-12-1-7-16(17(26)9-12)21-28-22(35-29-21)13-2-5-15(25)6-3-13/h1-9,11,19,30H,10H2,(H,31,32). The molecular formula is C23H15BrF3N3O5S. The maximum atomic E-state index is 14.8. The van der Waals surface area contributed by atoms with Gasteiger partial charge in [-0.25, -0.2) is 21.6 Å². The van der Waals surface area contributed by atoms with E-state index in [0.717, 1.165) is 18.2 Å². The molecule has 0 aliphatic carbocycles. The number of carboxylic acid groups (broad SMARTS) is 1. The second-order valence-corrected chi connectivity index (χ2v) is 10.1. The predicted octanol–water partition coefficient (Wildman–Crippen LogP) is 4.56. The Morgan fingerprint density at radius 2 is 1.75 bits per heavy atom. The Hall–Kier alpha value is -3.55. The molecule has 3 aromatic carbocycles. The van der Waals surface area contributed by atoms with E-state index in [4.69, 9.17) is 4.52 Å². The third-order valence-corrected chi connectivity index (χ3v) is 7.01. The van der Waals surface area contributed by atoms with Gasteiger partial charge in [0.15, 0.2) is 0 Å². The summed E-state index contributed by atoms with van der Waals surface area (Å²) < 4.78 is 74.5. The van der Waals surface area contributed by atoms with E-state index in [2.05, 4.69) is 26.1 Å². The fourth-order valence-corrected chi connectivity index (χ4v) is 4.85. The van der Waals surface area contributed by atoms with Crippen LogP contribution in [0.25, 0.3) is 22.8 Å². The zero-order valence-corrected chi connectivity index (χ0v) is 20.4. The first-order chi connectivity index (χ1) is 17.0. The molecule has 1 unspecified atom stereocenters. The van der Waals surface area contributed by atoms with Crippen molar-refractivity contribution in [3.63, 3.8) is 0 Å². The summed E-state index contributed by atoms with van der Waals surface area (Å²) in [5.41, 5.74) is 0.510. The molecule has 0 amide bonds. The highest BCUT2D eigenvalue weighted by molar-refractivity contribution is 9.10. The van der Waals surface area contributed by atoms with Gasteiger partial charge < -0.3 is 9.63 Å². The average molecular weight is 582 g/mol. The number of halogens is 4. The monoisotopic (exact) mass is 581 g/mol. The van der Waals surface area contributed by atoms with Crippen LogP contribution in [0, 0.1) is 17.5 Å². The average Bonchev–Trinajstić information content (AvgIpc) is 3.28. The number of sulfonamides is 1. The summed E-state index contributed by atoms with van der Waals surface area (Å²) in [6.45, 7) is 0. The van der Waals surface area contributed by atoms with Gasteiger partial charge in [-0.1, -0.05) is 27.2 Å². The fraction of sp³-hybridized carbons (Fsp3) is 0.0870. The van der Waals surface area contributed by atoms with Crippen LogP contribution in [0.3, 0.4) is 0 Å². The van der Waals surface area contributed by atoms with Gasteiger partial charge in [0, 0.05) is 10.0 Å². The van der Waals surface area contributed by atoms with Gasteiger partial charge in [-0.3, -0.25) is 4.79 Å². The minimum atomic E-state index is -4.54. The van der Waals surface area contributed by atoms with Gasteiger partial charge in [0.2, 0.25) is 15.8 Å². The molecule has 8 nitrogen and oxygen atoms in total. The normalized spacial score (nSPS) is 12.4. The molecule has 1 aromatic heterocycles. The van der Waals surface area contributed by atoms with Crippen molar-refractivity contribution in [2.24, 2.45) is 0 Å². The zero-order valence-electron chi connectivity index (χ0n) is 18.0. The fourth-order valence-electron chi connectivity index (χ4n) is 3.27. The Labute approximate surface area is 211 Å². The number of hydrogen-bond acceptors (Lipinski definition) is 6. The molecule has 0 aliphatic heterocycles. The van der Waals surface area contributed by atoms with Crippen LogP contribution in [-0.4, -0.2) is 35.7 Å². The van der Waals surface area contributed by atoms with Gasteiger partial charge >= 0.3 is 5.97 Å². The lowest BCUT2D eigenvalue weighted by molar-refractivity contribution is -0.138. The van der Waals surface area contributed by atoms with Gasteiger partial charge in [-0.05, 0) is 66.6 Å².